The molecule has 9 nitrogen and oxygen atoms in total. The number of nitriles is 1. The Bertz CT molecular complexity index is 1280. The molecule has 0 amide bonds. The molecule has 0 radical (unpaired) electrons. The Kier molecular flexibility index (Phi) is 4.83. The topological polar surface area (TPSA) is 123 Å². The molecular formula is C20H17N5O4. The van der Waals surface area contributed by atoms with E-state index in [0.29, 0.717) is 5.75 Å². The highest BCUT2D eigenvalue weighted by Crippen LogP contribution is 2.31. The third kappa shape index (κ3) is 3.60. The SMILES string of the molecule is N#Cc1nn(-c2ccccc2Oc2ccc(=O)n(C3CCCC3)c2)c(=O)[nH]c1=O. The summed E-state index contributed by atoms with van der Waals surface area (Å²) in [7, 11) is 0. The normalized spacial score (nSPS) is 13.9. The Morgan fingerprint density at radius 1 is 1.10 bits per heavy atom. The lowest BCUT2D eigenvalue weighted by Gasteiger charge is -2.16. The van der Waals surface area contributed by atoms with Crippen molar-refractivity contribution < 1.29 is 4.74 Å². The first-order chi connectivity index (χ1) is 14.1. The van der Waals surface area contributed by atoms with Gasteiger partial charge < -0.3 is 9.30 Å². The number of nitrogens with one attached hydrogen (secondary N) is 1. The van der Waals surface area contributed by atoms with Crippen LogP contribution in [0.3, 0.4) is 0 Å². The number of aromatic nitrogens is 4. The molecule has 0 unspecified atom stereocenters. The second-order valence-electron chi connectivity index (χ2n) is 6.75. The zero-order chi connectivity index (χ0) is 20.4. The van der Waals surface area contributed by atoms with E-state index in [1.165, 1.54) is 6.07 Å². The van der Waals surface area contributed by atoms with Crippen LogP contribution in [0.15, 0.2) is 57.0 Å². The van der Waals surface area contributed by atoms with E-state index in [9.17, 15) is 14.4 Å². The van der Waals surface area contributed by atoms with Gasteiger partial charge in [0, 0.05) is 12.1 Å². The molecule has 29 heavy (non-hydrogen) atoms. The molecule has 2 aromatic heterocycles. The number of pyridine rings is 1. The molecule has 1 aliphatic rings. The van der Waals surface area contributed by atoms with Crippen molar-refractivity contribution in [3.8, 4) is 23.3 Å². The second-order valence-corrected chi connectivity index (χ2v) is 6.75. The van der Waals surface area contributed by atoms with E-state index in [0.717, 1.165) is 30.4 Å². The Morgan fingerprint density at radius 2 is 1.86 bits per heavy atom. The maximum Gasteiger partial charge on any atom is 0.349 e. The quantitative estimate of drug-likeness (QED) is 0.724. The Hall–Kier alpha value is -3.93. The van der Waals surface area contributed by atoms with Crippen molar-refractivity contribution in [2.45, 2.75) is 31.7 Å². The average molecular weight is 391 g/mol. The summed E-state index contributed by atoms with van der Waals surface area (Å²) < 4.78 is 8.53. The van der Waals surface area contributed by atoms with Crippen molar-refractivity contribution in [2.75, 3.05) is 0 Å². The van der Waals surface area contributed by atoms with Gasteiger partial charge >= 0.3 is 5.69 Å². The summed E-state index contributed by atoms with van der Waals surface area (Å²) in [6.07, 6.45) is 5.75. The molecule has 3 aromatic rings. The molecule has 1 saturated carbocycles. The third-order valence-electron chi connectivity index (χ3n) is 4.88. The van der Waals surface area contributed by atoms with Gasteiger partial charge in [0.05, 0.1) is 6.20 Å². The summed E-state index contributed by atoms with van der Waals surface area (Å²) >= 11 is 0. The standard InChI is InChI=1S/C20H17N5O4/c21-11-15-19(27)22-20(28)25(23-15)16-7-3-4-8-17(16)29-14-9-10-18(26)24(12-14)13-5-1-2-6-13/h3-4,7-10,12-13H,1-2,5-6H2,(H,22,27,28). The highest BCUT2D eigenvalue weighted by Gasteiger charge is 2.19. The van der Waals surface area contributed by atoms with Crippen LogP contribution in [0.1, 0.15) is 37.4 Å². The Labute approximate surface area is 164 Å². The van der Waals surface area contributed by atoms with E-state index in [1.807, 2.05) is 0 Å². The number of nitrogens with zero attached hydrogens (tertiary/aromatic N) is 4. The van der Waals surface area contributed by atoms with Crippen molar-refractivity contribution in [3.05, 3.63) is 79.5 Å². The molecule has 0 spiro atoms. The lowest BCUT2D eigenvalue weighted by molar-refractivity contribution is 0.448. The van der Waals surface area contributed by atoms with Crippen LogP contribution >= 0.6 is 0 Å². The largest absolute Gasteiger partial charge is 0.454 e. The number of para-hydroxylation sites is 2. The minimum absolute atomic E-state index is 0.0882. The van der Waals surface area contributed by atoms with Crippen LogP contribution in [0.2, 0.25) is 0 Å². The maximum atomic E-state index is 12.2. The maximum absolute atomic E-state index is 12.2. The van der Waals surface area contributed by atoms with Gasteiger partial charge in [-0.3, -0.25) is 14.6 Å². The fraction of sp³-hybridized carbons (Fsp3) is 0.250. The van der Waals surface area contributed by atoms with Crippen LogP contribution in [-0.2, 0) is 0 Å². The molecule has 9 heteroatoms. The molecular weight excluding hydrogens is 374 g/mol. The van der Waals surface area contributed by atoms with Gasteiger partial charge in [0.1, 0.15) is 17.5 Å². The highest BCUT2D eigenvalue weighted by atomic mass is 16.5. The second kappa shape index (κ2) is 7.59. The van der Waals surface area contributed by atoms with Crippen molar-refractivity contribution >= 4 is 0 Å². The number of H-pyrrole nitrogens is 1. The fourth-order valence-corrected chi connectivity index (χ4v) is 3.49. The lowest BCUT2D eigenvalue weighted by atomic mass is 10.2. The lowest BCUT2D eigenvalue weighted by Crippen LogP contribution is -2.33. The van der Waals surface area contributed by atoms with Crippen molar-refractivity contribution in [1.82, 2.24) is 19.3 Å². The van der Waals surface area contributed by atoms with Crippen molar-refractivity contribution in [2.24, 2.45) is 0 Å². The van der Waals surface area contributed by atoms with Gasteiger partial charge in [0.15, 0.2) is 5.75 Å². The van der Waals surface area contributed by atoms with E-state index in [1.54, 1.807) is 47.2 Å². The monoisotopic (exact) mass is 391 g/mol. The predicted octanol–water partition coefficient (Wildman–Crippen LogP) is 1.86. The Morgan fingerprint density at radius 3 is 2.62 bits per heavy atom. The zero-order valence-electron chi connectivity index (χ0n) is 15.4. The van der Waals surface area contributed by atoms with Gasteiger partial charge in [-0.05, 0) is 31.0 Å². The van der Waals surface area contributed by atoms with Crippen LogP contribution in [0.5, 0.6) is 11.5 Å². The van der Waals surface area contributed by atoms with Crippen LogP contribution in [0.25, 0.3) is 5.69 Å². The molecule has 0 atom stereocenters. The number of ether oxygens (including phenoxy) is 1. The summed E-state index contributed by atoms with van der Waals surface area (Å²) in [5, 5.41) is 12.9. The summed E-state index contributed by atoms with van der Waals surface area (Å²) in [6, 6.07) is 11.4. The number of rotatable bonds is 4. The molecule has 0 saturated heterocycles. The number of hydrogen-bond acceptors (Lipinski definition) is 6. The van der Waals surface area contributed by atoms with Crippen molar-refractivity contribution in [1.29, 1.82) is 5.26 Å². The number of aromatic amines is 1. The van der Waals surface area contributed by atoms with Gasteiger partial charge in [-0.15, -0.1) is 5.10 Å². The molecule has 146 valence electrons. The molecule has 1 fully saturated rings. The molecule has 2 heterocycles. The molecule has 1 aliphatic carbocycles. The van der Waals surface area contributed by atoms with Gasteiger partial charge in [0.2, 0.25) is 5.69 Å². The van der Waals surface area contributed by atoms with Crippen LogP contribution in [0, 0.1) is 11.3 Å². The smallest absolute Gasteiger partial charge is 0.349 e. The molecule has 1 aromatic carbocycles. The predicted molar refractivity (Wildman–Crippen MR) is 103 cm³/mol. The van der Waals surface area contributed by atoms with Crippen LogP contribution < -0.4 is 21.5 Å². The number of benzene rings is 1. The van der Waals surface area contributed by atoms with E-state index < -0.39 is 16.9 Å². The minimum Gasteiger partial charge on any atom is -0.454 e. The summed E-state index contributed by atoms with van der Waals surface area (Å²) in [6.45, 7) is 0. The molecule has 1 N–H and O–H groups in total. The summed E-state index contributed by atoms with van der Waals surface area (Å²) in [5.41, 5.74) is -1.91. The van der Waals surface area contributed by atoms with E-state index in [2.05, 4.69) is 10.1 Å². The zero-order valence-corrected chi connectivity index (χ0v) is 15.4. The Balaban J connectivity index is 1.75. The van der Waals surface area contributed by atoms with Gasteiger partial charge in [-0.2, -0.15) is 9.94 Å². The van der Waals surface area contributed by atoms with Crippen molar-refractivity contribution in [3.63, 3.8) is 0 Å². The average Bonchev–Trinajstić information content (AvgIpc) is 3.25. The van der Waals surface area contributed by atoms with E-state index in [-0.39, 0.29) is 23.0 Å². The molecule has 0 aliphatic heterocycles. The van der Waals surface area contributed by atoms with Gasteiger partial charge in [0.25, 0.3) is 11.1 Å². The first-order valence-corrected chi connectivity index (χ1v) is 9.20. The summed E-state index contributed by atoms with van der Waals surface area (Å²) in [5.74, 6) is 0.719. The van der Waals surface area contributed by atoms with Gasteiger partial charge in [-0.1, -0.05) is 25.0 Å². The fourth-order valence-electron chi connectivity index (χ4n) is 3.49. The molecule has 4 rings (SSSR count). The minimum atomic E-state index is -0.851. The summed E-state index contributed by atoms with van der Waals surface area (Å²) in [4.78, 5) is 38.1. The molecule has 0 bridgehead atoms. The van der Waals surface area contributed by atoms with Crippen LogP contribution in [0.4, 0.5) is 0 Å². The van der Waals surface area contributed by atoms with Crippen LogP contribution in [-0.4, -0.2) is 19.3 Å². The van der Waals surface area contributed by atoms with E-state index >= 15 is 0 Å². The first kappa shape index (κ1) is 18.4. The van der Waals surface area contributed by atoms with Gasteiger partial charge in [-0.25, -0.2) is 4.79 Å². The van der Waals surface area contributed by atoms with E-state index in [4.69, 9.17) is 10.00 Å². The third-order valence-corrected chi connectivity index (χ3v) is 4.88. The number of hydrogen-bond donors (Lipinski definition) is 1. The highest BCUT2D eigenvalue weighted by molar-refractivity contribution is 5.47. The first-order valence-electron chi connectivity index (χ1n) is 9.20.